The summed E-state index contributed by atoms with van der Waals surface area (Å²) in [5, 5.41) is 15.4. The van der Waals surface area contributed by atoms with Gasteiger partial charge in [-0.25, -0.2) is 0 Å². The van der Waals surface area contributed by atoms with Crippen molar-refractivity contribution in [3.05, 3.63) is 32.7 Å². The molecular formula is C9H12N2O2S. The van der Waals surface area contributed by atoms with Crippen LogP contribution in [-0.2, 0) is 0 Å². The molecule has 1 aromatic rings. The van der Waals surface area contributed by atoms with E-state index in [1.807, 2.05) is 20.0 Å². The number of rotatable bonds is 4. The lowest BCUT2D eigenvalue weighted by molar-refractivity contribution is -0.380. The van der Waals surface area contributed by atoms with Gasteiger partial charge in [-0.3, -0.25) is 10.1 Å². The van der Waals surface area contributed by atoms with Gasteiger partial charge in [-0.15, -0.1) is 0 Å². The Bertz CT molecular complexity index is 357. The first-order valence-corrected chi connectivity index (χ1v) is 5.06. The van der Waals surface area contributed by atoms with Crippen molar-refractivity contribution in [2.24, 2.45) is 0 Å². The summed E-state index contributed by atoms with van der Waals surface area (Å²) in [4.78, 5) is 10.0. The van der Waals surface area contributed by atoms with Gasteiger partial charge >= 0.3 is 5.00 Å². The fraction of sp³-hybridized carbons (Fsp3) is 0.333. The van der Waals surface area contributed by atoms with E-state index < -0.39 is 0 Å². The van der Waals surface area contributed by atoms with Crippen LogP contribution in [-0.4, -0.2) is 18.5 Å². The molecule has 0 aliphatic carbocycles. The molecule has 0 spiro atoms. The molecule has 76 valence electrons. The van der Waals surface area contributed by atoms with Crippen LogP contribution >= 0.6 is 11.3 Å². The second kappa shape index (κ2) is 4.88. The highest BCUT2D eigenvalue weighted by atomic mass is 32.1. The van der Waals surface area contributed by atoms with Crippen LogP contribution in [0.15, 0.2) is 17.0 Å². The monoisotopic (exact) mass is 212 g/mol. The molecule has 14 heavy (non-hydrogen) atoms. The molecule has 0 unspecified atom stereocenters. The molecule has 0 amide bonds. The summed E-state index contributed by atoms with van der Waals surface area (Å²) in [5.74, 6) is 0. The van der Waals surface area contributed by atoms with Crippen molar-refractivity contribution in [1.29, 1.82) is 0 Å². The van der Waals surface area contributed by atoms with Crippen LogP contribution in [0.4, 0.5) is 5.00 Å². The Labute approximate surface area is 86.4 Å². The Kier molecular flexibility index (Phi) is 3.79. The van der Waals surface area contributed by atoms with E-state index in [1.54, 1.807) is 11.4 Å². The van der Waals surface area contributed by atoms with Gasteiger partial charge in [0.05, 0.1) is 4.92 Å². The van der Waals surface area contributed by atoms with E-state index in [2.05, 4.69) is 5.32 Å². The second-order valence-corrected chi connectivity index (χ2v) is 3.89. The van der Waals surface area contributed by atoms with Gasteiger partial charge < -0.3 is 5.32 Å². The minimum absolute atomic E-state index is 0.188. The van der Waals surface area contributed by atoms with Crippen LogP contribution in [0.3, 0.4) is 0 Å². The van der Waals surface area contributed by atoms with Gasteiger partial charge in [-0.1, -0.05) is 23.0 Å². The zero-order valence-electron chi connectivity index (χ0n) is 8.11. The first kappa shape index (κ1) is 10.9. The Balaban J connectivity index is 2.77. The maximum Gasteiger partial charge on any atom is 0.324 e. The molecule has 1 N–H and O–H groups in total. The SMILES string of the molecule is CNCC(C)=Cc1csc([N+](=O)[O-])c1. The summed E-state index contributed by atoms with van der Waals surface area (Å²) < 4.78 is 0. The van der Waals surface area contributed by atoms with Crippen LogP contribution in [0, 0.1) is 10.1 Å². The quantitative estimate of drug-likeness (QED) is 0.615. The van der Waals surface area contributed by atoms with Crippen molar-refractivity contribution in [2.45, 2.75) is 6.92 Å². The normalized spacial score (nSPS) is 11.7. The average molecular weight is 212 g/mol. The summed E-state index contributed by atoms with van der Waals surface area (Å²) in [6.45, 7) is 2.78. The minimum atomic E-state index is -0.366. The standard InChI is InChI=1S/C9H12N2O2S/c1-7(5-10-2)3-8-4-9(11(12)13)14-6-8/h3-4,6,10H,5H2,1-2H3. The molecule has 0 saturated heterocycles. The lowest BCUT2D eigenvalue weighted by Crippen LogP contribution is -2.08. The number of hydrogen-bond acceptors (Lipinski definition) is 4. The molecule has 5 heteroatoms. The lowest BCUT2D eigenvalue weighted by Gasteiger charge is -1.96. The van der Waals surface area contributed by atoms with E-state index in [9.17, 15) is 10.1 Å². The third-order valence-electron chi connectivity index (χ3n) is 1.65. The largest absolute Gasteiger partial charge is 0.324 e. The van der Waals surface area contributed by atoms with Gasteiger partial charge in [0, 0.05) is 18.0 Å². The molecule has 0 radical (unpaired) electrons. The first-order valence-electron chi connectivity index (χ1n) is 4.18. The molecule has 0 aliphatic rings. The molecule has 0 bridgehead atoms. The Morgan fingerprint density at radius 1 is 1.79 bits per heavy atom. The number of nitro groups is 1. The van der Waals surface area contributed by atoms with Crippen molar-refractivity contribution in [1.82, 2.24) is 5.32 Å². The summed E-state index contributed by atoms with van der Waals surface area (Å²) in [7, 11) is 1.87. The van der Waals surface area contributed by atoms with E-state index in [1.165, 1.54) is 0 Å². The lowest BCUT2D eigenvalue weighted by atomic mass is 10.2. The molecule has 4 nitrogen and oxygen atoms in total. The molecule has 1 heterocycles. The van der Waals surface area contributed by atoms with E-state index in [4.69, 9.17) is 0 Å². The Hall–Kier alpha value is -1.20. The van der Waals surface area contributed by atoms with E-state index in [0.29, 0.717) is 0 Å². The molecule has 0 saturated carbocycles. The molecular weight excluding hydrogens is 200 g/mol. The minimum Gasteiger partial charge on any atom is -0.316 e. The molecule has 1 rings (SSSR count). The van der Waals surface area contributed by atoms with Gasteiger partial charge in [-0.2, -0.15) is 0 Å². The summed E-state index contributed by atoms with van der Waals surface area (Å²) >= 11 is 1.15. The van der Waals surface area contributed by atoms with Crippen molar-refractivity contribution in [3.63, 3.8) is 0 Å². The number of nitrogens with one attached hydrogen (secondary N) is 1. The highest BCUT2D eigenvalue weighted by molar-refractivity contribution is 7.13. The Morgan fingerprint density at radius 2 is 2.50 bits per heavy atom. The zero-order valence-corrected chi connectivity index (χ0v) is 8.93. The fourth-order valence-electron chi connectivity index (χ4n) is 1.12. The molecule has 0 fully saturated rings. The molecule has 0 aliphatic heterocycles. The van der Waals surface area contributed by atoms with Crippen molar-refractivity contribution >= 4 is 22.4 Å². The van der Waals surface area contributed by atoms with Gasteiger partial charge in [0.25, 0.3) is 0 Å². The topological polar surface area (TPSA) is 55.2 Å². The average Bonchev–Trinajstić information content (AvgIpc) is 2.53. The van der Waals surface area contributed by atoms with Crippen LogP contribution < -0.4 is 5.32 Å². The summed E-state index contributed by atoms with van der Waals surface area (Å²) in [6, 6.07) is 1.59. The van der Waals surface area contributed by atoms with Gasteiger partial charge in [0.2, 0.25) is 0 Å². The number of thiophene rings is 1. The zero-order chi connectivity index (χ0) is 10.6. The highest BCUT2D eigenvalue weighted by Crippen LogP contribution is 2.23. The van der Waals surface area contributed by atoms with Crippen LogP contribution in [0.5, 0.6) is 0 Å². The van der Waals surface area contributed by atoms with Gasteiger partial charge in [-0.05, 0) is 19.5 Å². The smallest absolute Gasteiger partial charge is 0.316 e. The van der Waals surface area contributed by atoms with Gasteiger partial charge in [0.15, 0.2) is 0 Å². The predicted molar refractivity (Wildman–Crippen MR) is 58.6 cm³/mol. The van der Waals surface area contributed by atoms with E-state index in [-0.39, 0.29) is 9.92 Å². The van der Waals surface area contributed by atoms with E-state index >= 15 is 0 Å². The number of likely N-dealkylation sites (N-methyl/N-ethyl adjacent to an activating group) is 1. The second-order valence-electron chi connectivity index (χ2n) is 3.00. The summed E-state index contributed by atoms with van der Waals surface area (Å²) in [6.07, 6.45) is 1.94. The van der Waals surface area contributed by atoms with Crippen LogP contribution in [0.2, 0.25) is 0 Å². The highest BCUT2D eigenvalue weighted by Gasteiger charge is 2.07. The van der Waals surface area contributed by atoms with E-state index in [0.717, 1.165) is 29.0 Å². The fourth-order valence-corrected chi connectivity index (χ4v) is 1.81. The Morgan fingerprint density at radius 3 is 3.00 bits per heavy atom. The van der Waals surface area contributed by atoms with Crippen molar-refractivity contribution in [2.75, 3.05) is 13.6 Å². The van der Waals surface area contributed by atoms with Crippen LogP contribution in [0.1, 0.15) is 12.5 Å². The predicted octanol–water partition coefficient (Wildman–Crippen LogP) is 2.28. The number of nitrogens with zero attached hydrogens (tertiary/aromatic N) is 1. The number of hydrogen-bond donors (Lipinski definition) is 1. The third kappa shape index (κ3) is 2.93. The molecule has 1 aromatic heterocycles. The summed E-state index contributed by atoms with van der Waals surface area (Å²) in [5.41, 5.74) is 2.05. The third-order valence-corrected chi connectivity index (χ3v) is 2.55. The first-order chi connectivity index (χ1) is 6.63. The molecule has 0 atom stereocenters. The van der Waals surface area contributed by atoms with Crippen molar-refractivity contribution < 1.29 is 4.92 Å². The van der Waals surface area contributed by atoms with Crippen molar-refractivity contribution in [3.8, 4) is 0 Å². The van der Waals surface area contributed by atoms with Gasteiger partial charge in [0.1, 0.15) is 0 Å². The maximum absolute atomic E-state index is 10.4. The molecule has 0 aromatic carbocycles. The van der Waals surface area contributed by atoms with Crippen LogP contribution in [0.25, 0.3) is 6.08 Å². The maximum atomic E-state index is 10.4.